The fraction of sp³-hybridized carbons (Fsp3) is 0.750. The highest BCUT2D eigenvalue weighted by atomic mass is 16.5. The molecule has 1 N–H and O–H groups in total. The second-order valence-electron chi connectivity index (χ2n) is 4.46. The third-order valence-corrected chi connectivity index (χ3v) is 3.09. The number of aryl methyl sites for hydroxylation is 1. The molecule has 2 rings (SSSR count). The van der Waals surface area contributed by atoms with Crippen LogP contribution in [0.3, 0.4) is 0 Å². The maximum absolute atomic E-state index is 10.1. The Morgan fingerprint density at radius 3 is 3.25 bits per heavy atom. The van der Waals surface area contributed by atoms with Gasteiger partial charge >= 0.3 is 0 Å². The van der Waals surface area contributed by atoms with Crippen molar-refractivity contribution in [1.82, 2.24) is 9.55 Å². The van der Waals surface area contributed by atoms with Crippen molar-refractivity contribution in [3.8, 4) is 0 Å². The molecule has 0 radical (unpaired) electrons. The summed E-state index contributed by atoms with van der Waals surface area (Å²) >= 11 is 0. The van der Waals surface area contributed by atoms with E-state index in [2.05, 4.69) is 11.9 Å². The molecule has 1 aliphatic heterocycles. The molecule has 4 nitrogen and oxygen atoms in total. The summed E-state index contributed by atoms with van der Waals surface area (Å²) in [5, 5.41) is 10.1. The van der Waals surface area contributed by atoms with Crippen molar-refractivity contribution in [2.75, 3.05) is 13.2 Å². The molecule has 1 aromatic heterocycles. The van der Waals surface area contributed by atoms with Crippen LogP contribution in [0.1, 0.15) is 38.1 Å². The van der Waals surface area contributed by atoms with Crippen LogP contribution < -0.4 is 0 Å². The van der Waals surface area contributed by atoms with Gasteiger partial charge < -0.3 is 14.4 Å². The number of hydrogen-bond acceptors (Lipinski definition) is 3. The monoisotopic (exact) mass is 224 g/mol. The lowest BCUT2D eigenvalue weighted by molar-refractivity contribution is 0.119. The Balaban J connectivity index is 1.96. The molecule has 1 fully saturated rings. The van der Waals surface area contributed by atoms with E-state index in [0.717, 1.165) is 44.8 Å². The van der Waals surface area contributed by atoms with Gasteiger partial charge in [0.1, 0.15) is 11.9 Å². The topological polar surface area (TPSA) is 47.3 Å². The van der Waals surface area contributed by atoms with E-state index >= 15 is 0 Å². The fourth-order valence-electron chi connectivity index (χ4n) is 2.24. The predicted molar refractivity (Wildman–Crippen MR) is 61.0 cm³/mol. The molecule has 2 atom stereocenters. The number of aliphatic hydroxyl groups is 1. The summed E-state index contributed by atoms with van der Waals surface area (Å²) in [7, 11) is 0. The van der Waals surface area contributed by atoms with Crippen molar-refractivity contribution < 1.29 is 9.84 Å². The molecule has 0 spiro atoms. The Morgan fingerprint density at radius 2 is 2.56 bits per heavy atom. The summed E-state index contributed by atoms with van der Waals surface area (Å²) in [6.45, 7) is 4.67. The van der Waals surface area contributed by atoms with Crippen molar-refractivity contribution in [3.63, 3.8) is 0 Å². The molecule has 0 saturated carbocycles. The third-order valence-electron chi connectivity index (χ3n) is 3.09. The van der Waals surface area contributed by atoms with Crippen molar-refractivity contribution in [2.24, 2.45) is 5.92 Å². The third kappa shape index (κ3) is 2.62. The average molecular weight is 224 g/mol. The van der Waals surface area contributed by atoms with Crippen LogP contribution in [0.4, 0.5) is 0 Å². The van der Waals surface area contributed by atoms with Crippen LogP contribution >= 0.6 is 0 Å². The number of aromatic nitrogens is 2. The van der Waals surface area contributed by atoms with Crippen molar-refractivity contribution in [2.45, 2.75) is 38.8 Å². The Morgan fingerprint density at radius 1 is 1.69 bits per heavy atom. The van der Waals surface area contributed by atoms with E-state index in [4.69, 9.17) is 4.74 Å². The fourth-order valence-corrected chi connectivity index (χ4v) is 2.24. The molecule has 2 heterocycles. The van der Waals surface area contributed by atoms with Crippen LogP contribution in [-0.2, 0) is 11.3 Å². The molecule has 1 aliphatic rings. The predicted octanol–water partition coefficient (Wildman–Crippen LogP) is 1.75. The number of aliphatic hydroxyl groups excluding tert-OH is 1. The van der Waals surface area contributed by atoms with Crippen LogP contribution in [0.2, 0.25) is 0 Å². The van der Waals surface area contributed by atoms with E-state index in [0.29, 0.717) is 5.92 Å². The number of hydrogen-bond donors (Lipinski definition) is 1. The minimum Gasteiger partial charge on any atom is -0.385 e. The van der Waals surface area contributed by atoms with Gasteiger partial charge in [0.15, 0.2) is 0 Å². The largest absolute Gasteiger partial charge is 0.385 e. The first-order valence-electron chi connectivity index (χ1n) is 6.08. The van der Waals surface area contributed by atoms with E-state index < -0.39 is 6.10 Å². The first-order chi connectivity index (χ1) is 7.81. The van der Waals surface area contributed by atoms with Gasteiger partial charge in [-0.05, 0) is 25.2 Å². The van der Waals surface area contributed by atoms with Crippen LogP contribution in [-0.4, -0.2) is 27.9 Å². The van der Waals surface area contributed by atoms with Crippen LogP contribution in [0.15, 0.2) is 12.4 Å². The average Bonchev–Trinajstić information content (AvgIpc) is 2.89. The standard InChI is InChI=1S/C12H20N2O2/c1-2-5-14-6-4-13-12(14)11(15)8-10-3-7-16-9-10/h4,6,10-11,15H,2-3,5,7-9H2,1H3. The lowest BCUT2D eigenvalue weighted by Gasteiger charge is -2.15. The summed E-state index contributed by atoms with van der Waals surface area (Å²) in [6, 6.07) is 0. The molecule has 4 heteroatoms. The van der Waals surface area contributed by atoms with Crippen LogP contribution in [0.5, 0.6) is 0 Å². The van der Waals surface area contributed by atoms with E-state index in [1.54, 1.807) is 6.20 Å². The summed E-state index contributed by atoms with van der Waals surface area (Å²) in [4.78, 5) is 4.25. The Kier molecular flexibility index (Phi) is 3.96. The highest BCUT2D eigenvalue weighted by Gasteiger charge is 2.22. The Labute approximate surface area is 96.3 Å². The molecule has 0 bridgehead atoms. The number of imidazole rings is 1. The molecule has 0 aliphatic carbocycles. The maximum Gasteiger partial charge on any atom is 0.137 e. The van der Waals surface area contributed by atoms with Gasteiger partial charge in [0, 0.05) is 32.2 Å². The smallest absolute Gasteiger partial charge is 0.137 e. The molecular weight excluding hydrogens is 204 g/mol. The zero-order valence-electron chi connectivity index (χ0n) is 9.80. The SMILES string of the molecule is CCCn1ccnc1C(O)CC1CCOC1. The summed E-state index contributed by atoms with van der Waals surface area (Å²) < 4.78 is 7.36. The minimum atomic E-state index is -0.451. The van der Waals surface area contributed by atoms with Crippen LogP contribution in [0, 0.1) is 5.92 Å². The summed E-state index contributed by atoms with van der Waals surface area (Å²) in [5.74, 6) is 1.29. The lowest BCUT2D eigenvalue weighted by atomic mass is 10.0. The van der Waals surface area contributed by atoms with Gasteiger partial charge in [-0.2, -0.15) is 0 Å². The number of rotatable bonds is 5. The van der Waals surface area contributed by atoms with Gasteiger partial charge in [0.2, 0.25) is 0 Å². The van der Waals surface area contributed by atoms with E-state index in [-0.39, 0.29) is 0 Å². The van der Waals surface area contributed by atoms with Gasteiger partial charge in [-0.3, -0.25) is 0 Å². The van der Waals surface area contributed by atoms with Gasteiger partial charge in [0.25, 0.3) is 0 Å². The highest BCUT2D eigenvalue weighted by Crippen LogP contribution is 2.25. The molecular formula is C12H20N2O2. The molecule has 2 unspecified atom stereocenters. The van der Waals surface area contributed by atoms with Gasteiger partial charge in [-0.15, -0.1) is 0 Å². The van der Waals surface area contributed by atoms with Crippen molar-refractivity contribution in [3.05, 3.63) is 18.2 Å². The maximum atomic E-state index is 10.1. The normalized spacial score (nSPS) is 22.5. The van der Waals surface area contributed by atoms with Gasteiger partial charge in [-0.25, -0.2) is 4.98 Å². The Bertz CT molecular complexity index is 319. The summed E-state index contributed by atoms with van der Waals surface area (Å²) in [5.41, 5.74) is 0. The van der Waals surface area contributed by atoms with Crippen molar-refractivity contribution >= 4 is 0 Å². The van der Waals surface area contributed by atoms with Crippen molar-refractivity contribution in [1.29, 1.82) is 0 Å². The first-order valence-corrected chi connectivity index (χ1v) is 6.08. The van der Waals surface area contributed by atoms with Gasteiger partial charge in [0.05, 0.1) is 0 Å². The molecule has 0 amide bonds. The first kappa shape index (κ1) is 11.6. The zero-order chi connectivity index (χ0) is 11.4. The second-order valence-corrected chi connectivity index (χ2v) is 4.46. The molecule has 1 saturated heterocycles. The molecule has 0 aromatic carbocycles. The lowest BCUT2D eigenvalue weighted by Crippen LogP contribution is -2.13. The molecule has 16 heavy (non-hydrogen) atoms. The second kappa shape index (κ2) is 5.46. The van der Waals surface area contributed by atoms with Crippen LogP contribution in [0.25, 0.3) is 0 Å². The summed E-state index contributed by atoms with van der Waals surface area (Å²) in [6.07, 6.45) is 6.13. The van der Waals surface area contributed by atoms with Gasteiger partial charge in [-0.1, -0.05) is 6.92 Å². The Hall–Kier alpha value is -0.870. The number of ether oxygens (including phenoxy) is 1. The van der Waals surface area contributed by atoms with E-state index in [1.807, 2.05) is 10.8 Å². The zero-order valence-corrected chi connectivity index (χ0v) is 9.80. The quantitative estimate of drug-likeness (QED) is 0.829. The van der Waals surface area contributed by atoms with E-state index in [9.17, 15) is 5.11 Å². The molecule has 90 valence electrons. The molecule has 1 aromatic rings. The highest BCUT2D eigenvalue weighted by molar-refractivity contribution is 4.97. The minimum absolute atomic E-state index is 0.451. The van der Waals surface area contributed by atoms with E-state index in [1.165, 1.54) is 0 Å². The number of nitrogens with zero attached hydrogens (tertiary/aromatic N) is 2.